The van der Waals surface area contributed by atoms with Crippen LogP contribution in [-0.4, -0.2) is 14.9 Å². The van der Waals surface area contributed by atoms with E-state index in [1.807, 2.05) is 32.0 Å². The number of rotatable bonds is 2. The van der Waals surface area contributed by atoms with E-state index < -0.39 is 4.92 Å². The first-order valence-corrected chi connectivity index (χ1v) is 6.53. The van der Waals surface area contributed by atoms with Gasteiger partial charge in [-0.1, -0.05) is 6.07 Å². The summed E-state index contributed by atoms with van der Waals surface area (Å²) < 4.78 is 0. The molecule has 1 aromatic carbocycles. The molecular formula is C16H13N3O2. The molecule has 0 spiro atoms. The van der Waals surface area contributed by atoms with Crippen LogP contribution in [-0.2, 0) is 0 Å². The number of nitrogens with zero attached hydrogens (tertiary/aromatic N) is 3. The highest BCUT2D eigenvalue weighted by atomic mass is 16.6. The summed E-state index contributed by atoms with van der Waals surface area (Å²) in [5.41, 5.74) is 4.67. The zero-order valence-electron chi connectivity index (χ0n) is 11.7. The number of aryl methyl sites for hydroxylation is 2. The molecule has 0 saturated carbocycles. The van der Waals surface area contributed by atoms with Crippen LogP contribution in [0.4, 0.5) is 5.69 Å². The summed E-state index contributed by atoms with van der Waals surface area (Å²) in [6.45, 7) is 3.97. The number of hydrogen-bond acceptors (Lipinski definition) is 4. The summed E-state index contributed by atoms with van der Waals surface area (Å²) in [6.07, 6.45) is 1.79. The maximum absolute atomic E-state index is 10.8. The van der Waals surface area contributed by atoms with E-state index in [4.69, 9.17) is 0 Å². The lowest BCUT2D eigenvalue weighted by Crippen LogP contribution is -1.92. The summed E-state index contributed by atoms with van der Waals surface area (Å²) in [7, 11) is 0. The Kier molecular flexibility index (Phi) is 3.10. The van der Waals surface area contributed by atoms with Gasteiger partial charge in [-0.3, -0.25) is 15.1 Å². The Balaban J connectivity index is 2.10. The van der Waals surface area contributed by atoms with Crippen LogP contribution in [0.25, 0.3) is 22.2 Å². The molecule has 0 radical (unpaired) electrons. The van der Waals surface area contributed by atoms with Crippen molar-refractivity contribution >= 4 is 16.6 Å². The number of benzene rings is 1. The smallest absolute Gasteiger partial charge is 0.261 e. The second-order valence-corrected chi connectivity index (χ2v) is 4.96. The summed E-state index contributed by atoms with van der Waals surface area (Å²) in [5, 5.41) is 11.5. The highest BCUT2D eigenvalue weighted by molar-refractivity contribution is 5.83. The molecule has 3 aromatic rings. The number of aromatic nitrogens is 2. The number of nitro benzene ring substituents is 1. The molecule has 0 bridgehead atoms. The van der Waals surface area contributed by atoms with Gasteiger partial charge in [0.1, 0.15) is 0 Å². The second kappa shape index (κ2) is 4.94. The molecule has 2 heterocycles. The third kappa shape index (κ3) is 2.45. The van der Waals surface area contributed by atoms with E-state index in [0.717, 1.165) is 33.4 Å². The summed E-state index contributed by atoms with van der Waals surface area (Å²) in [4.78, 5) is 19.3. The Bertz CT molecular complexity index is 859. The lowest BCUT2D eigenvalue weighted by molar-refractivity contribution is -0.384. The highest BCUT2D eigenvalue weighted by Crippen LogP contribution is 2.24. The molecule has 0 aliphatic heterocycles. The van der Waals surface area contributed by atoms with E-state index in [2.05, 4.69) is 9.97 Å². The van der Waals surface area contributed by atoms with Crippen LogP contribution in [0.1, 0.15) is 11.3 Å². The lowest BCUT2D eigenvalue weighted by atomic mass is 10.1. The fourth-order valence-corrected chi connectivity index (χ4v) is 2.17. The van der Waals surface area contributed by atoms with Crippen molar-refractivity contribution in [3.05, 3.63) is 64.0 Å². The number of nitro groups is 1. The molecule has 0 aliphatic carbocycles. The Labute approximate surface area is 121 Å². The predicted octanol–water partition coefficient (Wildman–Crippen LogP) is 3.82. The SMILES string of the molecule is Cc1cc(-c2ccc3cc([N+](=O)[O-])ccc3n2)cnc1C. The third-order valence-corrected chi connectivity index (χ3v) is 3.52. The summed E-state index contributed by atoms with van der Waals surface area (Å²) in [6, 6.07) is 10.4. The van der Waals surface area contributed by atoms with Gasteiger partial charge in [-0.15, -0.1) is 0 Å². The van der Waals surface area contributed by atoms with Gasteiger partial charge >= 0.3 is 0 Å². The number of hydrogen-bond donors (Lipinski definition) is 0. The fourth-order valence-electron chi connectivity index (χ4n) is 2.17. The molecule has 2 aromatic heterocycles. The van der Waals surface area contributed by atoms with Gasteiger partial charge in [0, 0.05) is 35.0 Å². The van der Waals surface area contributed by atoms with Gasteiger partial charge in [0.2, 0.25) is 0 Å². The van der Waals surface area contributed by atoms with Crippen molar-refractivity contribution in [2.75, 3.05) is 0 Å². The predicted molar refractivity (Wildman–Crippen MR) is 81.1 cm³/mol. The average Bonchev–Trinajstić information content (AvgIpc) is 2.49. The van der Waals surface area contributed by atoms with Gasteiger partial charge in [-0.05, 0) is 37.6 Å². The van der Waals surface area contributed by atoms with E-state index in [0.29, 0.717) is 0 Å². The van der Waals surface area contributed by atoms with Gasteiger partial charge < -0.3 is 0 Å². The first-order valence-electron chi connectivity index (χ1n) is 6.53. The van der Waals surface area contributed by atoms with Crippen LogP contribution in [0.5, 0.6) is 0 Å². The van der Waals surface area contributed by atoms with E-state index >= 15 is 0 Å². The molecule has 0 N–H and O–H groups in total. The third-order valence-electron chi connectivity index (χ3n) is 3.52. The van der Waals surface area contributed by atoms with Crippen molar-refractivity contribution in [1.29, 1.82) is 0 Å². The van der Waals surface area contributed by atoms with Crippen LogP contribution >= 0.6 is 0 Å². The molecule has 5 heteroatoms. The zero-order chi connectivity index (χ0) is 15.0. The topological polar surface area (TPSA) is 68.9 Å². The van der Waals surface area contributed by atoms with E-state index in [1.54, 1.807) is 12.3 Å². The zero-order valence-corrected chi connectivity index (χ0v) is 11.7. The molecule has 5 nitrogen and oxygen atoms in total. The minimum absolute atomic E-state index is 0.0740. The maximum atomic E-state index is 10.8. The molecule has 0 unspecified atom stereocenters. The van der Waals surface area contributed by atoms with Crippen molar-refractivity contribution in [3.8, 4) is 11.3 Å². The Morgan fingerprint density at radius 1 is 1.10 bits per heavy atom. The molecule has 0 fully saturated rings. The van der Waals surface area contributed by atoms with Crippen LogP contribution in [0, 0.1) is 24.0 Å². The van der Waals surface area contributed by atoms with E-state index in [1.165, 1.54) is 12.1 Å². The van der Waals surface area contributed by atoms with Crippen LogP contribution < -0.4 is 0 Å². The molecular weight excluding hydrogens is 266 g/mol. The highest BCUT2D eigenvalue weighted by Gasteiger charge is 2.08. The number of non-ortho nitro benzene ring substituents is 1. The lowest BCUT2D eigenvalue weighted by Gasteiger charge is -2.05. The van der Waals surface area contributed by atoms with Crippen molar-refractivity contribution in [3.63, 3.8) is 0 Å². The number of fused-ring (bicyclic) bond motifs is 1. The van der Waals surface area contributed by atoms with Crippen LogP contribution in [0.2, 0.25) is 0 Å². The largest absolute Gasteiger partial charge is 0.270 e. The van der Waals surface area contributed by atoms with Gasteiger partial charge in [-0.25, -0.2) is 4.98 Å². The fraction of sp³-hybridized carbons (Fsp3) is 0.125. The summed E-state index contributed by atoms with van der Waals surface area (Å²) >= 11 is 0. The van der Waals surface area contributed by atoms with Crippen LogP contribution in [0.3, 0.4) is 0 Å². The minimum Gasteiger partial charge on any atom is -0.261 e. The average molecular weight is 279 g/mol. The normalized spacial score (nSPS) is 10.8. The van der Waals surface area contributed by atoms with E-state index in [-0.39, 0.29) is 5.69 Å². The molecule has 0 aliphatic rings. The Morgan fingerprint density at radius 2 is 1.90 bits per heavy atom. The molecule has 104 valence electrons. The first kappa shape index (κ1) is 13.2. The second-order valence-electron chi connectivity index (χ2n) is 4.96. The van der Waals surface area contributed by atoms with Crippen molar-refractivity contribution < 1.29 is 4.92 Å². The first-order chi connectivity index (χ1) is 10.0. The summed E-state index contributed by atoms with van der Waals surface area (Å²) in [5.74, 6) is 0. The number of pyridine rings is 2. The molecule has 0 saturated heterocycles. The van der Waals surface area contributed by atoms with Crippen molar-refractivity contribution in [2.24, 2.45) is 0 Å². The van der Waals surface area contributed by atoms with Crippen molar-refractivity contribution in [1.82, 2.24) is 9.97 Å². The monoisotopic (exact) mass is 279 g/mol. The quantitative estimate of drug-likeness (QED) is 0.528. The van der Waals surface area contributed by atoms with Gasteiger partial charge in [0.05, 0.1) is 16.1 Å². The Hall–Kier alpha value is -2.82. The van der Waals surface area contributed by atoms with Gasteiger partial charge in [0.15, 0.2) is 0 Å². The Morgan fingerprint density at radius 3 is 2.62 bits per heavy atom. The molecule has 21 heavy (non-hydrogen) atoms. The van der Waals surface area contributed by atoms with Gasteiger partial charge in [-0.2, -0.15) is 0 Å². The van der Waals surface area contributed by atoms with Crippen LogP contribution in [0.15, 0.2) is 42.6 Å². The standard InChI is InChI=1S/C16H13N3O2/c1-10-7-13(9-17-11(10)2)16-5-3-12-8-14(19(20)21)4-6-15(12)18-16/h3-9H,1-2H3. The molecule has 0 amide bonds. The van der Waals surface area contributed by atoms with Crippen molar-refractivity contribution in [2.45, 2.75) is 13.8 Å². The molecule has 0 atom stereocenters. The van der Waals surface area contributed by atoms with E-state index in [9.17, 15) is 10.1 Å². The minimum atomic E-state index is -0.402. The molecule has 3 rings (SSSR count). The maximum Gasteiger partial charge on any atom is 0.270 e. The van der Waals surface area contributed by atoms with Gasteiger partial charge in [0.25, 0.3) is 5.69 Å².